The minimum absolute atomic E-state index is 0.0763. The molecule has 0 aliphatic heterocycles. The molecule has 2 unspecified atom stereocenters. The second kappa shape index (κ2) is 8.07. The van der Waals surface area contributed by atoms with E-state index < -0.39 is 12.8 Å². The second-order valence-electron chi connectivity index (χ2n) is 6.34. The van der Waals surface area contributed by atoms with Gasteiger partial charge in [-0.1, -0.05) is 12.5 Å². The van der Waals surface area contributed by atoms with E-state index >= 15 is 0 Å². The maximum Gasteiger partial charge on any atom is 0.422 e. The third-order valence-corrected chi connectivity index (χ3v) is 4.24. The van der Waals surface area contributed by atoms with Crippen molar-refractivity contribution < 1.29 is 27.8 Å². The van der Waals surface area contributed by atoms with Gasteiger partial charge in [0.2, 0.25) is 0 Å². The summed E-state index contributed by atoms with van der Waals surface area (Å²) in [4.78, 5) is 2.10. The van der Waals surface area contributed by atoms with Gasteiger partial charge in [-0.3, -0.25) is 0 Å². The number of hydrogen-bond donors (Lipinski definition) is 1. The van der Waals surface area contributed by atoms with Gasteiger partial charge in [0.05, 0.1) is 13.2 Å². The van der Waals surface area contributed by atoms with Crippen LogP contribution in [0.15, 0.2) is 18.2 Å². The van der Waals surface area contributed by atoms with Gasteiger partial charge in [-0.25, -0.2) is 0 Å². The van der Waals surface area contributed by atoms with Crippen LogP contribution in [0.5, 0.6) is 11.5 Å². The summed E-state index contributed by atoms with van der Waals surface area (Å²) in [5.41, 5.74) is 0.918. The van der Waals surface area contributed by atoms with Crippen molar-refractivity contribution in [3.05, 3.63) is 23.8 Å². The van der Waals surface area contributed by atoms with E-state index in [9.17, 15) is 18.3 Å². The van der Waals surface area contributed by atoms with Crippen LogP contribution in [0.4, 0.5) is 13.2 Å². The Bertz CT molecular complexity index is 536. The van der Waals surface area contributed by atoms with Gasteiger partial charge >= 0.3 is 6.18 Å². The molecule has 136 valence electrons. The lowest BCUT2D eigenvalue weighted by Crippen LogP contribution is -2.29. The molecule has 0 amide bonds. The SMILES string of the molecule is COc1cc(CN(C)CC2CCCC2O)ccc1OCC(F)(F)F. The van der Waals surface area contributed by atoms with Gasteiger partial charge in [0, 0.05) is 13.1 Å². The quantitative estimate of drug-likeness (QED) is 0.822. The third kappa shape index (κ3) is 5.56. The zero-order chi connectivity index (χ0) is 17.7. The molecule has 1 aromatic carbocycles. The fraction of sp³-hybridized carbons (Fsp3) is 0.647. The topological polar surface area (TPSA) is 41.9 Å². The number of aliphatic hydroxyl groups excluding tert-OH is 1. The van der Waals surface area contributed by atoms with Gasteiger partial charge in [0.25, 0.3) is 0 Å². The highest BCUT2D eigenvalue weighted by molar-refractivity contribution is 5.43. The van der Waals surface area contributed by atoms with Crippen LogP contribution in [0.1, 0.15) is 24.8 Å². The first-order valence-corrected chi connectivity index (χ1v) is 8.01. The summed E-state index contributed by atoms with van der Waals surface area (Å²) in [6.07, 6.45) is -1.68. The summed E-state index contributed by atoms with van der Waals surface area (Å²) in [5, 5.41) is 9.89. The van der Waals surface area contributed by atoms with E-state index in [4.69, 9.17) is 9.47 Å². The average molecular weight is 347 g/mol. The van der Waals surface area contributed by atoms with E-state index in [1.165, 1.54) is 13.2 Å². The summed E-state index contributed by atoms with van der Waals surface area (Å²) in [6, 6.07) is 4.92. The van der Waals surface area contributed by atoms with Gasteiger partial charge < -0.3 is 19.5 Å². The Kier molecular flexibility index (Phi) is 6.34. The molecule has 0 bridgehead atoms. The molecule has 0 spiro atoms. The Labute approximate surface area is 140 Å². The summed E-state index contributed by atoms with van der Waals surface area (Å²) in [5.74, 6) is 0.643. The van der Waals surface area contributed by atoms with Crippen molar-refractivity contribution in [2.75, 3.05) is 27.3 Å². The monoisotopic (exact) mass is 347 g/mol. The van der Waals surface area contributed by atoms with Crippen LogP contribution >= 0.6 is 0 Å². The number of aliphatic hydroxyl groups is 1. The molecule has 1 aliphatic carbocycles. The molecule has 1 N–H and O–H groups in total. The Hall–Kier alpha value is -1.47. The minimum Gasteiger partial charge on any atom is -0.493 e. The van der Waals surface area contributed by atoms with Gasteiger partial charge in [-0.05, 0) is 43.5 Å². The van der Waals surface area contributed by atoms with E-state index in [1.807, 2.05) is 7.05 Å². The Morgan fingerprint density at radius 3 is 2.58 bits per heavy atom. The molecule has 1 saturated carbocycles. The normalized spacial score (nSPS) is 21.3. The number of nitrogens with zero attached hydrogens (tertiary/aromatic N) is 1. The lowest BCUT2D eigenvalue weighted by atomic mass is 10.1. The minimum atomic E-state index is -4.38. The first-order chi connectivity index (χ1) is 11.3. The number of ether oxygens (including phenoxy) is 2. The van der Waals surface area contributed by atoms with Gasteiger partial charge in [0.1, 0.15) is 0 Å². The van der Waals surface area contributed by atoms with Crippen molar-refractivity contribution >= 4 is 0 Å². The van der Waals surface area contributed by atoms with E-state index in [0.717, 1.165) is 31.4 Å². The molecular weight excluding hydrogens is 323 g/mol. The number of hydrogen-bond acceptors (Lipinski definition) is 4. The lowest BCUT2D eigenvalue weighted by Gasteiger charge is -2.23. The maximum absolute atomic E-state index is 12.3. The van der Waals surface area contributed by atoms with Crippen molar-refractivity contribution in [2.24, 2.45) is 5.92 Å². The highest BCUT2D eigenvalue weighted by atomic mass is 19.4. The molecule has 0 radical (unpaired) electrons. The molecule has 24 heavy (non-hydrogen) atoms. The Morgan fingerprint density at radius 2 is 2.00 bits per heavy atom. The molecule has 0 aromatic heterocycles. The molecule has 0 heterocycles. The van der Waals surface area contributed by atoms with Gasteiger partial charge in [0.15, 0.2) is 18.1 Å². The molecule has 4 nitrogen and oxygen atoms in total. The second-order valence-corrected chi connectivity index (χ2v) is 6.34. The van der Waals surface area contributed by atoms with Crippen molar-refractivity contribution in [2.45, 2.75) is 38.1 Å². The predicted octanol–water partition coefficient (Wildman–Crippen LogP) is 3.23. The highest BCUT2D eigenvalue weighted by Crippen LogP contribution is 2.31. The van der Waals surface area contributed by atoms with Crippen LogP contribution in [0.2, 0.25) is 0 Å². The van der Waals surface area contributed by atoms with E-state index in [-0.39, 0.29) is 23.5 Å². The van der Waals surface area contributed by atoms with Crippen molar-refractivity contribution in [3.63, 3.8) is 0 Å². The summed E-state index contributed by atoms with van der Waals surface area (Å²) >= 11 is 0. The molecule has 0 saturated heterocycles. The third-order valence-electron chi connectivity index (χ3n) is 4.24. The molecule has 1 fully saturated rings. The van der Waals surface area contributed by atoms with E-state index in [1.54, 1.807) is 12.1 Å². The van der Waals surface area contributed by atoms with Gasteiger partial charge in [-0.2, -0.15) is 13.2 Å². The van der Waals surface area contributed by atoms with Crippen molar-refractivity contribution in [3.8, 4) is 11.5 Å². The van der Waals surface area contributed by atoms with E-state index in [2.05, 4.69) is 4.90 Å². The fourth-order valence-corrected chi connectivity index (χ4v) is 3.10. The molecular formula is C17H24F3NO3. The average Bonchev–Trinajstić information content (AvgIpc) is 2.90. The molecule has 2 atom stereocenters. The Balaban J connectivity index is 1.95. The van der Waals surface area contributed by atoms with Crippen LogP contribution in [-0.4, -0.2) is 49.6 Å². The van der Waals surface area contributed by atoms with Crippen LogP contribution in [-0.2, 0) is 6.54 Å². The summed E-state index contributed by atoms with van der Waals surface area (Å²) in [7, 11) is 3.36. The molecule has 7 heteroatoms. The zero-order valence-corrected chi connectivity index (χ0v) is 14.0. The van der Waals surface area contributed by atoms with Gasteiger partial charge in [-0.15, -0.1) is 0 Å². The van der Waals surface area contributed by atoms with Crippen LogP contribution in [0, 0.1) is 5.92 Å². The van der Waals surface area contributed by atoms with Crippen molar-refractivity contribution in [1.82, 2.24) is 4.90 Å². The molecule has 1 aromatic rings. The first kappa shape index (κ1) is 18.9. The molecule has 1 aliphatic rings. The van der Waals surface area contributed by atoms with Crippen LogP contribution in [0.25, 0.3) is 0 Å². The summed E-state index contributed by atoms with van der Waals surface area (Å²) < 4.78 is 46.7. The zero-order valence-electron chi connectivity index (χ0n) is 14.0. The number of alkyl halides is 3. The smallest absolute Gasteiger partial charge is 0.422 e. The van der Waals surface area contributed by atoms with Crippen LogP contribution in [0.3, 0.4) is 0 Å². The fourth-order valence-electron chi connectivity index (χ4n) is 3.10. The maximum atomic E-state index is 12.3. The number of benzene rings is 1. The largest absolute Gasteiger partial charge is 0.493 e. The first-order valence-electron chi connectivity index (χ1n) is 8.01. The number of methoxy groups -OCH3 is 1. The summed E-state index contributed by atoms with van der Waals surface area (Å²) in [6.45, 7) is 0.0666. The number of halogens is 3. The van der Waals surface area contributed by atoms with E-state index in [0.29, 0.717) is 6.54 Å². The van der Waals surface area contributed by atoms with Crippen LogP contribution < -0.4 is 9.47 Å². The predicted molar refractivity (Wildman–Crippen MR) is 84.2 cm³/mol. The lowest BCUT2D eigenvalue weighted by molar-refractivity contribution is -0.153. The highest BCUT2D eigenvalue weighted by Gasteiger charge is 2.29. The molecule has 2 rings (SSSR count). The Morgan fingerprint density at radius 1 is 1.25 bits per heavy atom. The standard InChI is InChI=1S/C17H24F3NO3/c1-21(10-13-4-3-5-14(13)22)9-12-6-7-15(16(8-12)23-2)24-11-17(18,19)20/h6-8,13-14,22H,3-5,9-11H2,1-2H3. The van der Waals surface area contributed by atoms with Crippen molar-refractivity contribution in [1.29, 1.82) is 0 Å². The number of rotatable bonds is 7.